The van der Waals surface area contributed by atoms with Crippen molar-refractivity contribution in [1.29, 1.82) is 0 Å². The Labute approximate surface area is 166 Å². The molecule has 1 unspecified atom stereocenters. The van der Waals surface area contributed by atoms with E-state index in [2.05, 4.69) is 10.6 Å². The Morgan fingerprint density at radius 2 is 1.96 bits per heavy atom. The van der Waals surface area contributed by atoms with Crippen molar-refractivity contribution in [3.63, 3.8) is 0 Å². The number of benzene rings is 2. The third kappa shape index (κ3) is 6.16. The average Bonchev–Trinajstić information content (AvgIpc) is 2.74. The topological polar surface area (TPSA) is 68.8 Å². The van der Waals surface area contributed by atoms with Crippen LogP contribution in [-0.2, 0) is 11.2 Å². The van der Waals surface area contributed by atoms with Gasteiger partial charge in [-0.1, -0.05) is 24.3 Å². The van der Waals surface area contributed by atoms with Gasteiger partial charge in [-0.3, -0.25) is 0 Å². The maximum atomic E-state index is 12.2. The van der Waals surface area contributed by atoms with Crippen molar-refractivity contribution in [2.24, 2.45) is 0 Å². The summed E-state index contributed by atoms with van der Waals surface area (Å²) >= 11 is 0. The lowest BCUT2D eigenvalue weighted by Gasteiger charge is -2.23. The minimum Gasteiger partial charge on any atom is -0.497 e. The van der Waals surface area contributed by atoms with Crippen molar-refractivity contribution in [3.8, 4) is 11.5 Å². The highest BCUT2D eigenvalue weighted by atomic mass is 16.5. The van der Waals surface area contributed by atoms with Gasteiger partial charge >= 0.3 is 6.03 Å². The van der Waals surface area contributed by atoms with Crippen molar-refractivity contribution >= 4 is 11.7 Å². The van der Waals surface area contributed by atoms with Crippen LogP contribution in [0.2, 0.25) is 0 Å². The minimum absolute atomic E-state index is 0.125. The molecule has 1 atom stereocenters. The lowest BCUT2D eigenvalue weighted by Crippen LogP contribution is -2.31. The van der Waals surface area contributed by atoms with E-state index in [0.29, 0.717) is 24.6 Å². The van der Waals surface area contributed by atoms with Crippen molar-refractivity contribution < 1.29 is 19.0 Å². The fourth-order valence-corrected chi connectivity index (χ4v) is 3.10. The third-order valence-electron chi connectivity index (χ3n) is 4.69. The molecule has 28 heavy (non-hydrogen) atoms. The highest BCUT2D eigenvalue weighted by molar-refractivity contribution is 5.90. The van der Waals surface area contributed by atoms with Gasteiger partial charge in [0.15, 0.2) is 0 Å². The van der Waals surface area contributed by atoms with Gasteiger partial charge < -0.3 is 24.8 Å². The van der Waals surface area contributed by atoms with Crippen LogP contribution in [0, 0.1) is 0 Å². The summed E-state index contributed by atoms with van der Waals surface area (Å²) in [4.78, 5) is 12.2. The van der Waals surface area contributed by atoms with Crippen LogP contribution in [0.1, 0.15) is 24.8 Å². The van der Waals surface area contributed by atoms with Crippen LogP contribution in [0.5, 0.6) is 11.5 Å². The molecule has 0 radical (unpaired) electrons. The van der Waals surface area contributed by atoms with E-state index in [1.165, 1.54) is 6.42 Å². The standard InChI is InChI=1S/C22H28N2O4/c1-26-18-11-9-17(10-12-18)13-14-23-22(25)24-20-7-2-3-8-21(20)28-16-19-6-4-5-15-27-19/h2-3,7-12,19H,4-6,13-16H2,1H3,(H2,23,24,25). The molecule has 2 amide bonds. The maximum absolute atomic E-state index is 12.2. The summed E-state index contributed by atoms with van der Waals surface area (Å²) in [6.45, 7) is 1.83. The van der Waals surface area contributed by atoms with Gasteiger partial charge in [0.2, 0.25) is 0 Å². The molecule has 1 heterocycles. The van der Waals surface area contributed by atoms with Gasteiger partial charge in [-0.25, -0.2) is 4.79 Å². The molecule has 0 aromatic heterocycles. The molecule has 0 aliphatic carbocycles. The Kier molecular flexibility index (Phi) is 7.55. The van der Waals surface area contributed by atoms with E-state index in [-0.39, 0.29) is 12.1 Å². The number of nitrogens with one attached hydrogen (secondary N) is 2. The number of hydrogen-bond donors (Lipinski definition) is 2. The van der Waals surface area contributed by atoms with Crippen LogP contribution in [0.3, 0.4) is 0 Å². The van der Waals surface area contributed by atoms with Crippen molar-refractivity contribution in [1.82, 2.24) is 5.32 Å². The number of hydrogen-bond acceptors (Lipinski definition) is 4. The van der Waals surface area contributed by atoms with Crippen LogP contribution in [0.4, 0.5) is 10.5 Å². The van der Waals surface area contributed by atoms with Gasteiger partial charge in [-0.05, 0) is 55.5 Å². The fraction of sp³-hybridized carbons (Fsp3) is 0.409. The number of para-hydroxylation sites is 2. The number of anilines is 1. The van der Waals surface area contributed by atoms with Gasteiger partial charge in [0, 0.05) is 13.2 Å². The summed E-state index contributed by atoms with van der Waals surface area (Å²) in [5.74, 6) is 1.48. The first-order valence-electron chi connectivity index (χ1n) is 9.76. The van der Waals surface area contributed by atoms with Crippen LogP contribution in [-0.4, -0.2) is 39.0 Å². The molecule has 0 bridgehead atoms. The summed E-state index contributed by atoms with van der Waals surface area (Å²) in [7, 11) is 1.64. The summed E-state index contributed by atoms with van der Waals surface area (Å²) in [5, 5.41) is 5.75. The summed E-state index contributed by atoms with van der Waals surface area (Å²) < 4.78 is 16.7. The number of carbonyl (C=O) groups excluding carboxylic acids is 1. The van der Waals surface area contributed by atoms with Crippen LogP contribution >= 0.6 is 0 Å². The van der Waals surface area contributed by atoms with Gasteiger partial charge in [0.1, 0.15) is 18.1 Å². The maximum Gasteiger partial charge on any atom is 0.319 e. The number of urea groups is 1. The van der Waals surface area contributed by atoms with E-state index in [1.54, 1.807) is 7.11 Å². The quantitative estimate of drug-likeness (QED) is 0.722. The molecular formula is C22H28N2O4. The van der Waals surface area contributed by atoms with Gasteiger partial charge in [0.05, 0.1) is 18.9 Å². The lowest BCUT2D eigenvalue weighted by molar-refractivity contribution is -0.0109. The van der Waals surface area contributed by atoms with Crippen molar-refractivity contribution in [3.05, 3.63) is 54.1 Å². The Morgan fingerprint density at radius 1 is 1.14 bits per heavy atom. The van der Waals surface area contributed by atoms with Gasteiger partial charge in [-0.15, -0.1) is 0 Å². The van der Waals surface area contributed by atoms with E-state index in [4.69, 9.17) is 14.2 Å². The molecule has 6 nitrogen and oxygen atoms in total. The Bertz CT molecular complexity index is 742. The second kappa shape index (κ2) is 10.6. The molecule has 1 aliphatic heterocycles. The smallest absolute Gasteiger partial charge is 0.319 e. The zero-order valence-electron chi connectivity index (χ0n) is 16.3. The van der Waals surface area contributed by atoms with Crippen molar-refractivity contribution in [2.75, 3.05) is 32.2 Å². The first kappa shape index (κ1) is 20.0. The van der Waals surface area contributed by atoms with Gasteiger partial charge in [0.25, 0.3) is 0 Å². The van der Waals surface area contributed by atoms with E-state index in [9.17, 15) is 4.79 Å². The zero-order valence-corrected chi connectivity index (χ0v) is 16.3. The molecule has 1 fully saturated rings. The number of carbonyl (C=O) groups is 1. The van der Waals surface area contributed by atoms with E-state index < -0.39 is 0 Å². The van der Waals surface area contributed by atoms with Crippen LogP contribution < -0.4 is 20.1 Å². The van der Waals surface area contributed by atoms with Gasteiger partial charge in [-0.2, -0.15) is 0 Å². The minimum atomic E-state index is -0.251. The molecule has 0 spiro atoms. The van der Waals surface area contributed by atoms with E-state index >= 15 is 0 Å². The molecular weight excluding hydrogens is 356 g/mol. The molecule has 6 heteroatoms. The number of amides is 2. The molecule has 2 aromatic rings. The molecule has 3 rings (SSSR count). The second-order valence-corrected chi connectivity index (χ2v) is 6.77. The normalized spacial score (nSPS) is 16.2. The second-order valence-electron chi connectivity index (χ2n) is 6.77. The Morgan fingerprint density at radius 3 is 2.71 bits per heavy atom. The molecule has 2 aromatic carbocycles. The van der Waals surface area contributed by atoms with E-state index in [0.717, 1.165) is 37.2 Å². The molecule has 0 saturated carbocycles. The third-order valence-corrected chi connectivity index (χ3v) is 4.69. The summed E-state index contributed by atoms with van der Waals surface area (Å²) in [6.07, 6.45) is 4.17. The average molecular weight is 384 g/mol. The van der Waals surface area contributed by atoms with Crippen LogP contribution in [0.15, 0.2) is 48.5 Å². The lowest BCUT2D eigenvalue weighted by atomic mass is 10.1. The Hall–Kier alpha value is -2.73. The predicted octanol–water partition coefficient (Wildman–Crippen LogP) is 4.01. The highest BCUT2D eigenvalue weighted by Gasteiger charge is 2.15. The summed E-state index contributed by atoms with van der Waals surface area (Å²) in [5.41, 5.74) is 1.79. The van der Waals surface area contributed by atoms with E-state index in [1.807, 2.05) is 48.5 Å². The zero-order chi connectivity index (χ0) is 19.6. The molecule has 2 N–H and O–H groups in total. The van der Waals surface area contributed by atoms with Crippen LogP contribution in [0.25, 0.3) is 0 Å². The fourth-order valence-electron chi connectivity index (χ4n) is 3.10. The number of methoxy groups -OCH3 is 1. The first-order valence-corrected chi connectivity index (χ1v) is 9.76. The number of ether oxygens (including phenoxy) is 3. The predicted molar refractivity (Wildman–Crippen MR) is 109 cm³/mol. The highest BCUT2D eigenvalue weighted by Crippen LogP contribution is 2.25. The summed E-state index contributed by atoms with van der Waals surface area (Å²) in [6, 6.07) is 15.0. The largest absolute Gasteiger partial charge is 0.497 e. The van der Waals surface area contributed by atoms with Crippen molar-refractivity contribution in [2.45, 2.75) is 31.8 Å². The molecule has 1 saturated heterocycles. The Balaban J connectivity index is 1.45. The molecule has 1 aliphatic rings. The first-order chi connectivity index (χ1) is 13.7. The molecule has 150 valence electrons. The number of rotatable bonds is 8. The monoisotopic (exact) mass is 384 g/mol. The SMILES string of the molecule is COc1ccc(CCNC(=O)Nc2ccccc2OCC2CCCCO2)cc1.